The molecule has 7 heteroatoms. The molecule has 0 aliphatic rings. The standard InChI is InChI=1S/C10H16N4O3/c1-3-14(7-9(15)16)10(17)11-4-8-5-12-13(2)6-8/h5-6H,3-4,7H2,1-2H3,(H,11,17)(H,15,16). The lowest BCUT2D eigenvalue weighted by atomic mass is 10.3. The molecule has 2 N–H and O–H groups in total. The van der Waals surface area contributed by atoms with Gasteiger partial charge in [0.2, 0.25) is 0 Å². The third kappa shape index (κ3) is 4.13. The fourth-order valence-corrected chi connectivity index (χ4v) is 1.34. The number of likely N-dealkylation sites (N-methyl/N-ethyl adjacent to an activating group) is 1. The van der Waals surface area contributed by atoms with Crippen LogP contribution in [0.3, 0.4) is 0 Å². The van der Waals surface area contributed by atoms with Crippen molar-refractivity contribution in [2.75, 3.05) is 13.1 Å². The Bertz CT molecular complexity index is 402. The van der Waals surface area contributed by atoms with Crippen molar-refractivity contribution in [3.63, 3.8) is 0 Å². The molecule has 1 heterocycles. The lowest BCUT2D eigenvalue weighted by molar-refractivity contribution is -0.137. The van der Waals surface area contributed by atoms with Gasteiger partial charge in [-0.15, -0.1) is 0 Å². The number of amides is 2. The minimum atomic E-state index is -1.02. The van der Waals surface area contributed by atoms with Crippen LogP contribution in [0.15, 0.2) is 12.4 Å². The highest BCUT2D eigenvalue weighted by molar-refractivity contribution is 5.79. The first kappa shape index (κ1) is 13.0. The van der Waals surface area contributed by atoms with E-state index in [2.05, 4.69) is 10.4 Å². The first-order valence-corrected chi connectivity index (χ1v) is 5.25. The number of aromatic nitrogens is 2. The number of urea groups is 1. The van der Waals surface area contributed by atoms with Gasteiger partial charge in [0.15, 0.2) is 0 Å². The number of carboxylic acids is 1. The number of hydrogen-bond donors (Lipinski definition) is 2. The normalized spacial score (nSPS) is 10.0. The summed E-state index contributed by atoms with van der Waals surface area (Å²) in [4.78, 5) is 23.4. The topological polar surface area (TPSA) is 87.5 Å². The van der Waals surface area contributed by atoms with Gasteiger partial charge in [-0.25, -0.2) is 4.79 Å². The minimum absolute atomic E-state index is 0.296. The van der Waals surface area contributed by atoms with E-state index >= 15 is 0 Å². The zero-order valence-electron chi connectivity index (χ0n) is 9.88. The Morgan fingerprint density at radius 1 is 1.59 bits per heavy atom. The maximum absolute atomic E-state index is 11.6. The highest BCUT2D eigenvalue weighted by Crippen LogP contribution is 1.96. The van der Waals surface area contributed by atoms with Crippen molar-refractivity contribution >= 4 is 12.0 Å². The summed E-state index contributed by atoms with van der Waals surface area (Å²) in [5.74, 6) is -1.02. The molecule has 0 aliphatic carbocycles. The third-order valence-electron chi connectivity index (χ3n) is 2.20. The molecule has 0 aliphatic heterocycles. The Kier molecular flexibility index (Phi) is 4.50. The number of carboxylic acid groups (broad SMARTS) is 1. The lowest BCUT2D eigenvalue weighted by Gasteiger charge is -2.18. The van der Waals surface area contributed by atoms with Crippen LogP contribution >= 0.6 is 0 Å². The van der Waals surface area contributed by atoms with Crippen LogP contribution in [0.25, 0.3) is 0 Å². The van der Waals surface area contributed by atoms with Gasteiger partial charge in [0.25, 0.3) is 0 Å². The van der Waals surface area contributed by atoms with Crippen molar-refractivity contribution in [3.05, 3.63) is 18.0 Å². The molecule has 0 unspecified atom stereocenters. The van der Waals surface area contributed by atoms with Crippen molar-refractivity contribution in [2.24, 2.45) is 7.05 Å². The average molecular weight is 240 g/mol. The summed E-state index contributed by atoms with van der Waals surface area (Å²) in [6, 6.07) is -0.390. The smallest absolute Gasteiger partial charge is 0.323 e. The first-order valence-electron chi connectivity index (χ1n) is 5.25. The SMILES string of the molecule is CCN(CC(=O)O)C(=O)NCc1cnn(C)c1. The van der Waals surface area contributed by atoms with E-state index in [0.717, 1.165) is 5.56 Å². The molecule has 94 valence electrons. The first-order chi connectivity index (χ1) is 8.02. The molecule has 0 aromatic carbocycles. The Morgan fingerprint density at radius 3 is 2.76 bits per heavy atom. The van der Waals surface area contributed by atoms with Crippen LogP contribution in [0.4, 0.5) is 4.79 Å². The van der Waals surface area contributed by atoms with Gasteiger partial charge in [-0.3, -0.25) is 9.48 Å². The molecule has 0 atom stereocenters. The Hall–Kier alpha value is -2.05. The molecule has 0 radical (unpaired) electrons. The van der Waals surface area contributed by atoms with Crippen LogP contribution in [-0.4, -0.2) is 44.9 Å². The largest absolute Gasteiger partial charge is 0.480 e. The summed E-state index contributed by atoms with van der Waals surface area (Å²) in [5.41, 5.74) is 0.868. The summed E-state index contributed by atoms with van der Waals surface area (Å²) < 4.78 is 1.64. The molecule has 0 bridgehead atoms. The van der Waals surface area contributed by atoms with Crippen molar-refractivity contribution < 1.29 is 14.7 Å². The summed E-state index contributed by atoms with van der Waals surface area (Å²) in [5, 5.41) is 15.2. The molecule has 0 saturated heterocycles. The molecular weight excluding hydrogens is 224 g/mol. The molecule has 1 rings (SSSR count). The quantitative estimate of drug-likeness (QED) is 0.760. The van der Waals surface area contributed by atoms with Crippen LogP contribution in [0.2, 0.25) is 0 Å². The molecule has 17 heavy (non-hydrogen) atoms. The maximum atomic E-state index is 11.6. The zero-order valence-corrected chi connectivity index (χ0v) is 9.88. The van der Waals surface area contributed by atoms with Gasteiger partial charge in [-0.05, 0) is 6.92 Å². The average Bonchev–Trinajstić information content (AvgIpc) is 2.68. The lowest BCUT2D eigenvalue weighted by Crippen LogP contribution is -2.42. The molecule has 2 amide bonds. The Balaban J connectivity index is 2.44. The molecule has 1 aromatic rings. The number of carbonyl (C=O) groups is 2. The predicted molar refractivity (Wildman–Crippen MR) is 60.3 cm³/mol. The number of aliphatic carboxylic acids is 1. The molecule has 7 nitrogen and oxygen atoms in total. The molecule has 0 spiro atoms. The third-order valence-corrected chi connectivity index (χ3v) is 2.20. The van der Waals surface area contributed by atoms with E-state index in [0.29, 0.717) is 13.1 Å². The number of hydrogen-bond acceptors (Lipinski definition) is 3. The molecular formula is C10H16N4O3. The fraction of sp³-hybridized carbons (Fsp3) is 0.500. The van der Waals surface area contributed by atoms with Gasteiger partial charge in [-0.1, -0.05) is 0 Å². The second kappa shape index (κ2) is 5.88. The van der Waals surface area contributed by atoms with E-state index in [1.165, 1.54) is 4.90 Å². The van der Waals surface area contributed by atoms with Crippen LogP contribution in [0.1, 0.15) is 12.5 Å². The minimum Gasteiger partial charge on any atom is -0.480 e. The van der Waals surface area contributed by atoms with Crippen molar-refractivity contribution in [1.82, 2.24) is 20.0 Å². The summed E-state index contributed by atoms with van der Waals surface area (Å²) in [6.07, 6.45) is 3.43. The number of nitrogens with zero attached hydrogens (tertiary/aromatic N) is 3. The fourth-order valence-electron chi connectivity index (χ4n) is 1.34. The van der Waals surface area contributed by atoms with E-state index < -0.39 is 12.0 Å². The van der Waals surface area contributed by atoms with E-state index in [1.54, 1.807) is 31.0 Å². The van der Waals surface area contributed by atoms with Crippen molar-refractivity contribution in [1.29, 1.82) is 0 Å². The predicted octanol–water partition coefficient (Wildman–Crippen LogP) is 0.0362. The van der Waals surface area contributed by atoms with Gasteiger partial charge >= 0.3 is 12.0 Å². The van der Waals surface area contributed by atoms with Crippen molar-refractivity contribution in [3.8, 4) is 0 Å². The maximum Gasteiger partial charge on any atom is 0.323 e. The summed E-state index contributed by atoms with van der Waals surface area (Å²) >= 11 is 0. The molecule has 0 saturated carbocycles. The van der Waals surface area contributed by atoms with Gasteiger partial charge < -0.3 is 15.3 Å². The van der Waals surface area contributed by atoms with E-state index in [9.17, 15) is 9.59 Å². The Labute approximate surface area is 99.0 Å². The second-order valence-electron chi connectivity index (χ2n) is 3.59. The summed E-state index contributed by atoms with van der Waals surface area (Å²) in [6.45, 7) is 2.12. The van der Waals surface area contributed by atoms with Gasteiger partial charge in [0.1, 0.15) is 6.54 Å². The zero-order chi connectivity index (χ0) is 12.8. The summed E-state index contributed by atoms with van der Waals surface area (Å²) in [7, 11) is 1.79. The molecule has 1 aromatic heterocycles. The van der Waals surface area contributed by atoms with Crippen LogP contribution in [-0.2, 0) is 18.4 Å². The van der Waals surface area contributed by atoms with Crippen LogP contribution < -0.4 is 5.32 Å². The number of nitrogens with one attached hydrogen (secondary N) is 1. The monoisotopic (exact) mass is 240 g/mol. The Morgan fingerprint density at radius 2 is 2.29 bits per heavy atom. The van der Waals surface area contributed by atoms with Crippen molar-refractivity contribution in [2.45, 2.75) is 13.5 Å². The highest BCUT2D eigenvalue weighted by Gasteiger charge is 2.14. The molecule has 0 fully saturated rings. The number of rotatable bonds is 5. The van der Waals surface area contributed by atoms with E-state index in [4.69, 9.17) is 5.11 Å². The van der Waals surface area contributed by atoms with Gasteiger partial charge in [-0.2, -0.15) is 5.10 Å². The number of carbonyl (C=O) groups excluding carboxylic acids is 1. The van der Waals surface area contributed by atoms with Gasteiger partial charge in [0, 0.05) is 31.9 Å². The van der Waals surface area contributed by atoms with Gasteiger partial charge in [0.05, 0.1) is 6.20 Å². The highest BCUT2D eigenvalue weighted by atomic mass is 16.4. The van der Waals surface area contributed by atoms with Crippen LogP contribution in [0.5, 0.6) is 0 Å². The number of aryl methyl sites for hydroxylation is 1. The van der Waals surface area contributed by atoms with E-state index in [1.807, 2.05) is 0 Å². The van der Waals surface area contributed by atoms with E-state index in [-0.39, 0.29) is 6.54 Å². The van der Waals surface area contributed by atoms with Crippen LogP contribution in [0, 0.1) is 0 Å². The second-order valence-corrected chi connectivity index (χ2v) is 3.59.